The number of ether oxygens (including phenoxy) is 1. The van der Waals surface area contributed by atoms with Crippen LogP contribution in [0.1, 0.15) is 11.6 Å². The first-order valence-corrected chi connectivity index (χ1v) is 8.91. The molecule has 150 valence electrons. The molecule has 2 aromatic carbocycles. The Labute approximate surface area is 170 Å². The summed E-state index contributed by atoms with van der Waals surface area (Å²) in [7, 11) is 1.64. The number of piperazine rings is 1. The summed E-state index contributed by atoms with van der Waals surface area (Å²) in [5, 5.41) is 8.40. The molecule has 1 saturated heterocycles. The second-order valence-electron chi connectivity index (χ2n) is 6.30. The minimum absolute atomic E-state index is 0. The average Bonchev–Trinajstić information content (AvgIpc) is 2.69. The van der Waals surface area contributed by atoms with Gasteiger partial charge in [-0.15, -0.1) is 12.4 Å². The highest BCUT2D eigenvalue weighted by molar-refractivity contribution is 6.01. The van der Waals surface area contributed by atoms with Gasteiger partial charge in [0, 0.05) is 30.9 Å². The smallest absolute Gasteiger partial charge is 0.325 e. The van der Waals surface area contributed by atoms with E-state index in [9.17, 15) is 9.59 Å². The lowest BCUT2D eigenvalue weighted by molar-refractivity contribution is -0.121. The maximum absolute atomic E-state index is 12.4. The van der Waals surface area contributed by atoms with Crippen molar-refractivity contribution in [1.82, 2.24) is 15.5 Å². The molecule has 0 bridgehead atoms. The Morgan fingerprint density at radius 3 is 2.61 bits per heavy atom. The van der Waals surface area contributed by atoms with Crippen molar-refractivity contribution in [2.24, 2.45) is 0 Å². The Hall–Kier alpha value is -2.61. The highest BCUT2D eigenvalue weighted by atomic mass is 35.5. The Bertz CT molecular complexity index is 788. The van der Waals surface area contributed by atoms with Crippen molar-refractivity contribution in [2.75, 3.05) is 38.6 Å². The van der Waals surface area contributed by atoms with E-state index in [0.29, 0.717) is 18.8 Å². The van der Waals surface area contributed by atoms with Gasteiger partial charge in [0.1, 0.15) is 5.75 Å². The van der Waals surface area contributed by atoms with Crippen LogP contribution >= 0.6 is 12.4 Å². The number of urea groups is 1. The molecule has 7 nitrogen and oxygen atoms in total. The van der Waals surface area contributed by atoms with Crippen LogP contribution in [0.4, 0.5) is 10.5 Å². The molecular weight excluding hydrogens is 380 g/mol. The van der Waals surface area contributed by atoms with Gasteiger partial charge in [0.15, 0.2) is 0 Å². The molecule has 1 aliphatic heterocycles. The maximum Gasteiger partial charge on any atom is 0.325 e. The van der Waals surface area contributed by atoms with E-state index in [2.05, 4.69) is 20.9 Å². The van der Waals surface area contributed by atoms with Crippen LogP contribution in [0.2, 0.25) is 0 Å². The van der Waals surface area contributed by atoms with Crippen LogP contribution in [0.25, 0.3) is 0 Å². The molecule has 1 unspecified atom stereocenters. The van der Waals surface area contributed by atoms with Gasteiger partial charge in [0.05, 0.1) is 19.7 Å². The van der Waals surface area contributed by atoms with Crippen LogP contribution < -0.4 is 20.7 Å². The number of anilines is 1. The highest BCUT2D eigenvalue weighted by Gasteiger charge is 2.28. The number of nitrogens with one attached hydrogen (secondary N) is 3. The molecule has 0 aromatic heterocycles. The van der Waals surface area contributed by atoms with E-state index in [1.54, 1.807) is 19.2 Å². The minimum Gasteiger partial charge on any atom is -0.496 e. The van der Waals surface area contributed by atoms with E-state index in [-0.39, 0.29) is 30.9 Å². The zero-order chi connectivity index (χ0) is 19.1. The summed E-state index contributed by atoms with van der Waals surface area (Å²) < 4.78 is 5.46. The van der Waals surface area contributed by atoms with Gasteiger partial charge in [-0.2, -0.15) is 0 Å². The van der Waals surface area contributed by atoms with Crippen LogP contribution in [-0.4, -0.2) is 50.1 Å². The largest absolute Gasteiger partial charge is 0.496 e. The number of rotatable bonds is 5. The van der Waals surface area contributed by atoms with Gasteiger partial charge in [-0.3, -0.25) is 15.0 Å². The molecule has 0 aliphatic carbocycles. The lowest BCUT2D eigenvalue weighted by atomic mass is 10.0. The molecule has 3 amide bonds. The number of halogens is 1. The van der Waals surface area contributed by atoms with Crippen molar-refractivity contribution >= 4 is 30.0 Å². The molecule has 1 atom stereocenters. The van der Waals surface area contributed by atoms with Crippen LogP contribution in [0.15, 0.2) is 54.6 Å². The first-order valence-electron chi connectivity index (χ1n) is 8.91. The molecule has 1 aliphatic rings. The van der Waals surface area contributed by atoms with E-state index >= 15 is 0 Å². The molecule has 3 N–H and O–H groups in total. The third-order valence-corrected chi connectivity index (χ3v) is 4.48. The summed E-state index contributed by atoms with van der Waals surface area (Å²) >= 11 is 0. The second-order valence-corrected chi connectivity index (χ2v) is 6.30. The van der Waals surface area contributed by atoms with Crippen LogP contribution in [0.3, 0.4) is 0 Å². The van der Waals surface area contributed by atoms with Crippen molar-refractivity contribution in [3.63, 3.8) is 0 Å². The number of hydrogen-bond donors (Lipinski definition) is 3. The fraction of sp³-hybridized carbons (Fsp3) is 0.300. The van der Waals surface area contributed by atoms with Crippen LogP contribution in [0.5, 0.6) is 5.75 Å². The predicted molar refractivity (Wildman–Crippen MR) is 111 cm³/mol. The fourth-order valence-corrected chi connectivity index (χ4v) is 3.22. The molecule has 3 rings (SSSR count). The number of hydrogen-bond acceptors (Lipinski definition) is 5. The Morgan fingerprint density at radius 2 is 1.86 bits per heavy atom. The SMILES string of the molecule is COc1ccccc1C1CNCCN1CC(=O)NC(=O)Nc1ccccc1.Cl. The molecule has 0 saturated carbocycles. The van der Waals surface area contributed by atoms with Crippen molar-refractivity contribution in [3.05, 3.63) is 60.2 Å². The minimum atomic E-state index is -0.532. The van der Waals surface area contributed by atoms with Crippen molar-refractivity contribution in [2.45, 2.75) is 6.04 Å². The zero-order valence-electron chi connectivity index (χ0n) is 15.7. The number of para-hydroxylation sites is 2. The molecule has 0 spiro atoms. The van der Waals surface area contributed by atoms with E-state index in [1.165, 1.54) is 0 Å². The summed E-state index contributed by atoms with van der Waals surface area (Å²) in [5.41, 5.74) is 1.66. The van der Waals surface area contributed by atoms with E-state index in [0.717, 1.165) is 17.9 Å². The number of carbonyl (C=O) groups is 2. The molecule has 1 heterocycles. The average molecular weight is 405 g/mol. The molecule has 2 aromatic rings. The highest BCUT2D eigenvalue weighted by Crippen LogP contribution is 2.29. The monoisotopic (exact) mass is 404 g/mol. The summed E-state index contributed by atoms with van der Waals surface area (Å²) in [6, 6.07) is 16.3. The number of methoxy groups -OCH3 is 1. The third kappa shape index (κ3) is 5.69. The first-order chi connectivity index (χ1) is 13.2. The second kappa shape index (κ2) is 10.7. The van der Waals surface area contributed by atoms with Gasteiger partial charge in [0.25, 0.3) is 0 Å². The predicted octanol–water partition coefficient (Wildman–Crippen LogP) is 2.41. The summed E-state index contributed by atoms with van der Waals surface area (Å²) in [4.78, 5) is 26.5. The summed E-state index contributed by atoms with van der Waals surface area (Å²) in [6.45, 7) is 2.34. The number of amides is 3. The fourth-order valence-electron chi connectivity index (χ4n) is 3.22. The quantitative estimate of drug-likeness (QED) is 0.712. The Kier molecular flexibility index (Phi) is 8.25. The zero-order valence-corrected chi connectivity index (χ0v) is 16.5. The normalized spacial score (nSPS) is 16.5. The van der Waals surface area contributed by atoms with Crippen LogP contribution in [0, 0.1) is 0 Å². The topological polar surface area (TPSA) is 82.7 Å². The lowest BCUT2D eigenvalue weighted by Crippen LogP contribution is -2.50. The number of nitrogens with zero attached hydrogens (tertiary/aromatic N) is 1. The molecule has 0 radical (unpaired) electrons. The van der Waals surface area contributed by atoms with Crippen molar-refractivity contribution in [1.29, 1.82) is 0 Å². The van der Waals surface area contributed by atoms with Crippen molar-refractivity contribution in [3.8, 4) is 5.75 Å². The van der Waals surface area contributed by atoms with Crippen molar-refractivity contribution < 1.29 is 14.3 Å². The van der Waals surface area contributed by atoms with Gasteiger partial charge in [-0.05, 0) is 18.2 Å². The summed E-state index contributed by atoms with van der Waals surface area (Å²) in [5.74, 6) is 0.448. The molecule has 1 fully saturated rings. The van der Waals surface area contributed by atoms with E-state index < -0.39 is 6.03 Å². The summed E-state index contributed by atoms with van der Waals surface area (Å²) in [6.07, 6.45) is 0. The van der Waals surface area contributed by atoms with E-state index in [4.69, 9.17) is 4.74 Å². The first kappa shape index (κ1) is 21.7. The van der Waals surface area contributed by atoms with Gasteiger partial charge in [0.2, 0.25) is 5.91 Å². The van der Waals surface area contributed by atoms with Gasteiger partial charge in [-0.1, -0.05) is 36.4 Å². The molecule has 28 heavy (non-hydrogen) atoms. The third-order valence-electron chi connectivity index (χ3n) is 4.48. The Morgan fingerprint density at radius 1 is 1.14 bits per heavy atom. The number of benzene rings is 2. The van der Waals surface area contributed by atoms with Gasteiger partial charge >= 0.3 is 6.03 Å². The van der Waals surface area contributed by atoms with E-state index in [1.807, 2.05) is 42.5 Å². The van der Waals surface area contributed by atoms with Gasteiger partial charge < -0.3 is 15.4 Å². The van der Waals surface area contributed by atoms with Crippen LogP contribution in [-0.2, 0) is 4.79 Å². The Balaban J connectivity index is 0.00000280. The van der Waals surface area contributed by atoms with Gasteiger partial charge in [-0.25, -0.2) is 4.79 Å². The molecule has 8 heteroatoms. The number of carbonyl (C=O) groups excluding carboxylic acids is 2. The number of imide groups is 1. The maximum atomic E-state index is 12.4. The standard InChI is InChI=1S/C20H24N4O3.ClH/c1-27-18-10-6-5-9-16(18)17-13-21-11-12-24(17)14-19(25)23-20(26)22-15-7-3-2-4-8-15;/h2-10,17,21H,11-14H2,1H3,(H2,22,23,25,26);1H. The molecular formula is C20H25ClN4O3. The lowest BCUT2D eigenvalue weighted by Gasteiger charge is -2.36.